The summed E-state index contributed by atoms with van der Waals surface area (Å²) in [7, 11) is 1.58. The minimum Gasteiger partial charge on any atom is -0.495 e. The van der Waals surface area contributed by atoms with Crippen molar-refractivity contribution in [3.63, 3.8) is 0 Å². The van der Waals surface area contributed by atoms with E-state index in [2.05, 4.69) is 4.98 Å². The number of methoxy groups -OCH3 is 1. The van der Waals surface area contributed by atoms with Crippen LogP contribution in [0.3, 0.4) is 0 Å². The van der Waals surface area contributed by atoms with Crippen molar-refractivity contribution in [2.45, 2.75) is 13.5 Å². The van der Waals surface area contributed by atoms with Crippen LogP contribution in [-0.2, 0) is 6.54 Å². The molecule has 2 aromatic heterocycles. The molecule has 1 unspecified atom stereocenters. The molecule has 0 saturated carbocycles. The molecule has 0 amide bonds. The first kappa shape index (κ1) is 12.6. The zero-order valence-electron chi connectivity index (χ0n) is 10.6. The van der Waals surface area contributed by atoms with Crippen LogP contribution < -0.4 is 16.0 Å². The molecule has 96 valence electrons. The van der Waals surface area contributed by atoms with Crippen LogP contribution in [0.1, 0.15) is 6.92 Å². The van der Waals surface area contributed by atoms with Crippen LogP contribution in [0.25, 0.3) is 11.0 Å². The minimum absolute atomic E-state index is 0.0437. The molecule has 5 heteroatoms. The Morgan fingerprint density at radius 2 is 2.28 bits per heavy atom. The number of rotatable bonds is 4. The van der Waals surface area contributed by atoms with Crippen molar-refractivity contribution in [1.29, 1.82) is 0 Å². The number of fused-ring (bicyclic) bond motifs is 1. The quantitative estimate of drug-likeness (QED) is 0.875. The highest BCUT2D eigenvalue weighted by Gasteiger charge is 2.08. The van der Waals surface area contributed by atoms with Crippen LogP contribution in [0, 0.1) is 5.92 Å². The van der Waals surface area contributed by atoms with Crippen LogP contribution in [0.4, 0.5) is 0 Å². The number of hydrogen-bond acceptors (Lipinski definition) is 4. The number of pyridine rings is 2. The molecule has 0 spiro atoms. The van der Waals surface area contributed by atoms with Gasteiger partial charge in [-0.05, 0) is 18.5 Å². The smallest absolute Gasteiger partial charge is 0.251 e. The van der Waals surface area contributed by atoms with Gasteiger partial charge in [-0.3, -0.25) is 9.78 Å². The van der Waals surface area contributed by atoms with Crippen LogP contribution in [0.15, 0.2) is 29.2 Å². The second-order valence-electron chi connectivity index (χ2n) is 4.40. The lowest BCUT2D eigenvalue weighted by molar-refractivity contribution is 0.413. The van der Waals surface area contributed by atoms with Gasteiger partial charge in [0.2, 0.25) is 0 Å². The standard InChI is InChI=1S/C13H17N3O2/c1-9(6-14)8-16-12-5-10(18-2)7-15-11(12)3-4-13(16)17/h3-5,7,9H,6,8,14H2,1-2H3. The van der Waals surface area contributed by atoms with Gasteiger partial charge in [0.25, 0.3) is 5.56 Å². The van der Waals surface area contributed by atoms with Gasteiger partial charge in [0.15, 0.2) is 0 Å². The largest absolute Gasteiger partial charge is 0.495 e. The van der Waals surface area contributed by atoms with E-state index in [-0.39, 0.29) is 11.5 Å². The van der Waals surface area contributed by atoms with E-state index in [1.54, 1.807) is 23.9 Å². The van der Waals surface area contributed by atoms with Gasteiger partial charge in [-0.25, -0.2) is 0 Å². The van der Waals surface area contributed by atoms with Crippen molar-refractivity contribution in [2.24, 2.45) is 11.7 Å². The van der Waals surface area contributed by atoms with E-state index in [9.17, 15) is 4.79 Å². The minimum atomic E-state index is -0.0437. The normalized spacial score (nSPS) is 12.6. The van der Waals surface area contributed by atoms with Crippen molar-refractivity contribution in [1.82, 2.24) is 9.55 Å². The fourth-order valence-corrected chi connectivity index (χ4v) is 1.83. The summed E-state index contributed by atoms with van der Waals surface area (Å²) in [5.41, 5.74) is 7.13. The molecule has 18 heavy (non-hydrogen) atoms. The Kier molecular flexibility index (Phi) is 3.62. The average molecular weight is 247 g/mol. The van der Waals surface area contributed by atoms with E-state index in [0.29, 0.717) is 18.8 Å². The first-order valence-corrected chi connectivity index (χ1v) is 5.89. The summed E-state index contributed by atoms with van der Waals surface area (Å²) in [5.74, 6) is 0.877. The van der Waals surface area contributed by atoms with Crippen molar-refractivity contribution in [2.75, 3.05) is 13.7 Å². The van der Waals surface area contributed by atoms with E-state index in [4.69, 9.17) is 10.5 Å². The predicted octanol–water partition coefficient (Wildman–Crippen LogP) is 1.000. The second-order valence-corrected chi connectivity index (χ2v) is 4.40. The fraction of sp³-hybridized carbons (Fsp3) is 0.385. The molecule has 2 heterocycles. The molecule has 0 radical (unpaired) electrons. The molecular formula is C13H17N3O2. The lowest BCUT2D eigenvalue weighted by atomic mass is 10.1. The zero-order chi connectivity index (χ0) is 13.1. The summed E-state index contributed by atoms with van der Waals surface area (Å²) in [6.07, 6.45) is 1.64. The average Bonchev–Trinajstić information content (AvgIpc) is 2.41. The van der Waals surface area contributed by atoms with E-state index < -0.39 is 0 Å². The van der Waals surface area contributed by atoms with Crippen LogP contribution in [0.2, 0.25) is 0 Å². The van der Waals surface area contributed by atoms with Crippen molar-refractivity contribution >= 4 is 11.0 Å². The third kappa shape index (κ3) is 2.36. The highest BCUT2D eigenvalue weighted by Crippen LogP contribution is 2.17. The van der Waals surface area contributed by atoms with Gasteiger partial charge in [0.1, 0.15) is 5.75 Å². The number of ether oxygens (including phenoxy) is 1. The van der Waals surface area contributed by atoms with E-state index in [0.717, 1.165) is 11.0 Å². The highest BCUT2D eigenvalue weighted by molar-refractivity contribution is 5.75. The lowest BCUT2D eigenvalue weighted by Gasteiger charge is -2.14. The number of aromatic nitrogens is 2. The summed E-state index contributed by atoms with van der Waals surface area (Å²) < 4.78 is 6.84. The van der Waals surface area contributed by atoms with Gasteiger partial charge in [-0.1, -0.05) is 6.92 Å². The third-order valence-electron chi connectivity index (χ3n) is 2.95. The lowest BCUT2D eigenvalue weighted by Crippen LogP contribution is -2.26. The first-order valence-electron chi connectivity index (χ1n) is 5.89. The van der Waals surface area contributed by atoms with Gasteiger partial charge >= 0.3 is 0 Å². The maximum absolute atomic E-state index is 11.9. The summed E-state index contributed by atoms with van der Waals surface area (Å²) in [4.78, 5) is 16.2. The molecule has 0 saturated heterocycles. The maximum Gasteiger partial charge on any atom is 0.251 e. The molecule has 0 bridgehead atoms. The fourth-order valence-electron chi connectivity index (χ4n) is 1.83. The molecular weight excluding hydrogens is 230 g/mol. The van der Waals surface area contributed by atoms with E-state index in [1.165, 1.54) is 6.07 Å². The number of nitrogens with zero attached hydrogens (tertiary/aromatic N) is 2. The predicted molar refractivity (Wildman–Crippen MR) is 70.8 cm³/mol. The summed E-state index contributed by atoms with van der Waals surface area (Å²) >= 11 is 0. The van der Waals surface area contributed by atoms with Crippen molar-refractivity contribution in [3.05, 3.63) is 34.7 Å². The highest BCUT2D eigenvalue weighted by atomic mass is 16.5. The molecule has 2 rings (SSSR count). The monoisotopic (exact) mass is 247 g/mol. The Morgan fingerprint density at radius 3 is 2.94 bits per heavy atom. The van der Waals surface area contributed by atoms with Crippen LogP contribution in [0.5, 0.6) is 5.75 Å². The Morgan fingerprint density at radius 1 is 1.50 bits per heavy atom. The van der Waals surface area contributed by atoms with Gasteiger partial charge in [0.05, 0.1) is 24.3 Å². The summed E-state index contributed by atoms with van der Waals surface area (Å²) in [5, 5.41) is 0. The molecule has 0 fully saturated rings. The zero-order valence-corrected chi connectivity index (χ0v) is 10.6. The third-order valence-corrected chi connectivity index (χ3v) is 2.95. The summed E-state index contributed by atoms with van der Waals surface area (Å²) in [6.45, 7) is 3.14. The Balaban J connectivity index is 2.60. The molecule has 0 aliphatic heterocycles. The molecule has 0 aliphatic carbocycles. The van der Waals surface area contributed by atoms with Gasteiger partial charge in [0, 0.05) is 18.7 Å². The molecule has 2 N–H and O–H groups in total. The second kappa shape index (κ2) is 5.18. The Hall–Kier alpha value is -1.88. The van der Waals surface area contributed by atoms with Crippen LogP contribution in [-0.4, -0.2) is 23.2 Å². The Labute approximate surface area is 105 Å². The van der Waals surface area contributed by atoms with Gasteiger partial charge in [-0.15, -0.1) is 0 Å². The van der Waals surface area contributed by atoms with Crippen LogP contribution >= 0.6 is 0 Å². The Bertz CT molecular complexity index is 607. The van der Waals surface area contributed by atoms with Crippen molar-refractivity contribution < 1.29 is 4.74 Å². The van der Waals surface area contributed by atoms with Crippen molar-refractivity contribution in [3.8, 4) is 5.75 Å². The summed E-state index contributed by atoms with van der Waals surface area (Å²) in [6, 6.07) is 5.08. The molecule has 2 aromatic rings. The molecule has 1 atom stereocenters. The maximum atomic E-state index is 11.9. The molecule has 0 aromatic carbocycles. The molecule has 0 aliphatic rings. The number of hydrogen-bond donors (Lipinski definition) is 1. The SMILES string of the molecule is COc1cnc2ccc(=O)n(CC(C)CN)c2c1. The molecule has 5 nitrogen and oxygen atoms in total. The first-order chi connectivity index (χ1) is 8.65. The topological polar surface area (TPSA) is 70.1 Å². The van der Waals surface area contributed by atoms with Gasteiger partial charge in [-0.2, -0.15) is 0 Å². The van der Waals surface area contributed by atoms with E-state index in [1.807, 2.05) is 13.0 Å². The van der Waals surface area contributed by atoms with E-state index >= 15 is 0 Å². The number of nitrogens with two attached hydrogens (primary N) is 1. The van der Waals surface area contributed by atoms with Gasteiger partial charge < -0.3 is 15.0 Å².